The van der Waals surface area contributed by atoms with E-state index in [9.17, 15) is 4.79 Å². The summed E-state index contributed by atoms with van der Waals surface area (Å²) in [6.45, 7) is 7.80. The first-order valence-electron chi connectivity index (χ1n) is 9.91. The van der Waals surface area contributed by atoms with E-state index in [2.05, 4.69) is 40.1 Å². The van der Waals surface area contributed by atoms with E-state index < -0.39 is 0 Å². The number of ether oxygens (including phenoxy) is 1. The molecule has 25 heavy (non-hydrogen) atoms. The predicted octanol–water partition coefficient (Wildman–Crippen LogP) is 2.97. The van der Waals surface area contributed by atoms with Gasteiger partial charge in [0.25, 0.3) is 0 Å². The van der Waals surface area contributed by atoms with Gasteiger partial charge < -0.3 is 14.5 Å². The maximum absolute atomic E-state index is 12.4. The van der Waals surface area contributed by atoms with Gasteiger partial charge in [0, 0.05) is 51.9 Å². The summed E-state index contributed by atoms with van der Waals surface area (Å²) in [6.07, 6.45) is 4.99. The molecule has 0 aliphatic carbocycles. The van der Waals surface area contributed by atoms with Crippen molar-refractivity contribution in [2.75, 3.05) is 39.4 Å². The number of rotatable bonds is 8. The minimum absolute atomic E-state index is 0.357. The fourth-order valence-corrected chi connectivity index (χ4v) is 4.33. The molecule has 138 valence electrons. The van der Waals surface area contributed by atoms with Gasteiger partial charge in [0.1, 0.15) is 0 Å². The van der Waals surface area contributed by atoms with E-state index in [0.29, 0.717) is 17.9 Å². The Morgan fingerprint density at radius 1 is 1.16 bits per heavy atom. The Hall–Kier alpha value is -1.39. The van der Waals surface area contributed by atoms with E-state index in [-0.39, 0.29) is 0 Å². The fourth-order valence-electron chi connectivity index (χ4n) is 4.33. The highest BCUT2D eigenvalue weighted by atomic mass is 16.5. The highest BCUT2D eigenvalue weighted by Gasteiger charge is 2.38. The SMILES string of the molecule is CCOCCCN1C(=O)CC[C@@H]2CN(CCc3ccccc3)CC[C@@H]21. The molecule has 0 N–H and O–H groups in total. The molecule has 2 saturated heterocycles. The largest absolute Gasteiger partial charge is 0.382 e. The third kappa shape index (κ3) is 5.05. The molecule has 4 nitrogen and oxygen atoms in total. The van der Waals surface area contributed by atoms with Crippen LogP contribution in [0.1, 0.15) is 38.2 Å². The second-order valence-corrected chi connectivity index (χ2v) is 7.33. The molecule has 4 heteroatoms. The molecule has 2 fully saturated rings. The Kier molecular flexibility index (Phi) is 6.88. The van der Waals surface area contributed by atoms with E-state index in [1.165, 1.54) is 5.56 Å². The maximum atomic E-state index is 12.4. The van der Waals surface area contributed by atoms with Crippen LogP contribution in [0, 0.1) is 5.92 Å². The zero-order valence-electron chi connectivity index (χ0n) is 15.5. The zero-order chi connectivity index (χ0) is 17.5. The second kappa shape index (κ2) is 9.35. The molecule has 2 aliphatic rings. The van der Waals surface area contributed by atoms with Crippen LogP contribution in [0.3, 0.4) is 0 Å². The summed E-state index contributed by atoms with van der Waals surface area (Å²) in [5.74, 6) is 1.00. The van der Waals surface area contributed by atoms with Gasteiger partial charge in [-0.3, -0.25) is 4.79 Å². The summed E-state index contributed by atoms with van der Waals surface area (Å²) in [5, 5.41) is 0. The molecular formula is C21H32N2O2. The Bertz CT molecular complexity index is 534. The van der Waals surface area contributed by atoms with Crippen molar-refractivity contribution >= 4 is 5.91 Å². The van der Waals surface area contributed by atoms with Gasteiger partial charge in [0.15, 0.2) is 0 Å². The van der Waals surface area contributed by atoms with E-state index in [0.717, 1.165) is 71.5 Å². The topological polar surface area (TPSA) is 32.8 Å². The van der Waals surface area contributed by atoms with Crippen LogP contribution in [0.25, 0.3) is 0 Å². The molecule has 2 atom stereocenters. The maximum Gasteiger partial charge on any atom is 0.222 e. The van der Waals surface area contributed by atoms with E-state index >= 15 is 0 Å². The number of fused-ring (bicyclic) bond motifs is 1. The summed E-state index contributed by atoms with van der Waals surface area (Å²) in [6, 6.07) is 11.2. The van der Waals surface area contributed by atoms with Gasteiger partial charge in [0.05, 0.1) is 0 Å². The Morgan fingerprint density at radius 2 is 2.00 bits per heavy atom. The lowest BCUT2D eigenvalue weighted by atomic mass is 9.83. The van der Waals surface area contributed by atoms with Crippen molar-refractivity contribution in [2.45, 2.75) is 45.1 Å². The molecule has 1 aromatic carbocycles. The van der Waals surface area contributed by atoms with Crippen molar-refractivity contribution in [3.05, 3.63) is 35.9 Å². The van der Waals surface area contributed by atoms with Gasteiger partial charge in [-0.05, 0) is 44.1 Å². The number of carbonyl (C=O) groups is 1. The summed E-state index contributed by atoms with van der Waals surface area (Å²) < 4.78 is 5.44. The highest BCUT2D eigenvalue weighted by molar-refractivity contribution is 5.77. The normalized spacial score (nSPS) is 24.4. The first-order valence-corrected chi connectivity index (χ1v) is 9.91. The average Bonchev–Trinajstić information content (AvgIpc) is 2.65. The van der Waals surface area contributed by atoms with Gasteiger partial charge in [-0.2, -0.15) is 0 Å². The Labute approximate surface area is 152 Å². The van der Waals surface area contributed by atoms with Gasteiger partial charge in [-0.25, -0.2) is 0 Å². The average molecular weight is 344 g/mol. The van der Waals surface area contributed by atoms with Crippen LogP contribution in [0.2, 0.25) is 0 Å². The highest BCUT2D eigenvalue weighted by Crippen LogP contribution is 2.31. The van der Waals surface area contributed by atoms with Crippen molar-refractivity contribution < 1.29 is 9.53 Å². The minimum atomic E-state index is 0.357. The summed E-state index contributed by atoms with van der Waals surface area (Å²) in [7, 11) is 0. The lowest BCUT2D eigenvalue weighted by molar-refractivity contribution is -0.141. The van der Waals surface area contributed by atoms with Crippen LogP contribution < -0.4 is 0 Å². The number of carbonyl (C=O) groups excluding carboxylic acids is 1. The van der Waals surface area contributed by atoms with E-state index in [1.54, 1.807) is 0 Å². The van der Waals surface area contributed by atoms with Gasteiger partial charge in [0.2, 0.25) is 5.91 Å². The van der Waals surface area contributed by atoms with Crippen molar-refractivity contribution in [1.82, 2.24) is 9.80 Å². The summed E-state index contributed by atoms with van der Waals surface area (Å²) >= 11 is 0. The van der Waals surface area contributed by atoms with Crippen molar-refractivity contribution in [2.24, 2.45) is 5.92 Å². The minimum Gasteiger partial charge on any atom is -0.382 e. The van der Waals surface area contributed by atoms with Crippen LogP contribution in [0.15, 0.2) is 30.3 Å². The lowest BCUT2D eigenvalue weighted by Gasteiger charge is -2.47. The van der Waals surface area contributed by atoms with E-state index in [1.807, 2.05) is 6.92 Å². The standard InChI is InChI=1S/C21H32N2O2/c1-2-25-16-6-13-23-20-12-15-22(17-19(20)9-10-21(23)24)14-11-18-7-4-3-5-8-18/h3-5,7-8,19-20H,2,6,9-17H2,1H3/t19-,20+/m1/s1. The molecule has 0 spiro atoms. The molecular weight excluding hydrogens is 312 g/mol. The molecule has 1 amide bonds. The molecule has 0 saturated carbocycles. The number of likely N-dealkylation sites (tertiary alicyclic amines) is 2. The Balaban J connectivity index is 1.48. The first-order chi connectivity index (χ1) is 12.3. The van der Waals surface area contributed by atoms with Crippen molar-refractivity contribution in [3.8, 4) is 0 Å². The summed E-state index contributed by atoms with van der Waals surface area (Å²) in [4.78, 5) is 17.1. The smallest absolute Gasteiger partial charge is 0.222 e. The van der Waals surface area contributed by atoms with Gasteiger partial charge in [-0.15, -0.1) is 0 Å². The van der Waals surface area contributed by atoms with Gasteiger partial charge >= 0.3 is 0 Å². The fraction of sp³-hybridized carbons (Fsp3) is 0.667. The monoisotopic (exact) mass is 344 g/mol. The van der Waals surface area contributed by atoms with Crippen LogP contribution in [-0.4, -0.2) is 61.1 Å². The molecule has 0 radical (unpaired) electrons. The molecule has 3 rings (SSSR count). The predicted molar refractivity (Wildman–Crippen MR) is 101 cm³/mol. The third-order valence-electron chi connectivity index (χ3n) is 5.68. The molecule has 2 aliphatic heterocycles. The number of hydrogen-bond acceptors (Lipinski definition) is 3. The molecule has 2 heterocycles. The molecule has 0 unspecified atom stereocenters. The number of benzene rings is 1. The first kappa shape index (κ1) is 18.4. The third-order valence-corrected chi connectivity index (χ3v) is 5.68. The van der Waals surface area contributed by atoms with Crippen molar-refractivity contribution in [1.29, 1.82) is 0 Å². The van der Waals surface area contributed by atoms with E-state index in [4.69, 9.17) is 4.74 Å². The van der Waals surface area contributed by atoms with Crippen LogP contribution in [0.4, 0.5) is 0 Å². The quantitative estimate of drug-likeness (QED) is 0.680. The summed E-state index contributed by atoms with van der Waals surface area (Å²) in [5.41, 5.74) is 1.42. The van der Waals surface area contributed by atoms with Gasteiger partial charge in [-0.1, -0.05) is 30.3 Å². The molecule has 1 aromatic rings. The second-order valence-electron chi connectivity index (χ2n) is 7.33. The zero-order valence-corrected chi connectivity index (χ0v) is 15.5. The lowest BCUT2D eigenvalue weighted by Crippen LogP contribution is -2.56. The number of piperidine rings is 2. The Morgan fingerprint density at radius 3 is 2.80 bits per heavy atom. The molecule has 0 aromatic heterocycles. The number of nitrogens with zero attached hydrogens (tertiary/aromatic N) is 2. The van der Waals surface area contributed by atoms with Crippen LogP contribution in [0.5, 0.6) is 0 Å². The number of hydrogen-bond donors (Lipinski definition) is 0. The van der Waals surface area contributed by atoms with Crippen LogP contribution >= 0.6 is 0 Å². The van der Waals surface area contributed by atoms with Crippen molar-refractivity contribution in [3.63, 3.8) is 0 Å². The number of amides is 1. The molecule has 0 bridgehead atoms. The van der Waals surface area contributed by atoms with Crippen LogP contribution in [-0.2, 0) is 16.0 Å².